The van der Waals surface area contributed by atoms with Crippen LogP contribution in [0.15, 0.2) is 22.8 Å². The van der Waals surface area contributed by atoms with Crippen molar-refractivity contribution in [1.82, 2.24) is 4.98 Å². The van der Waals surface area contributed by atoms with E-state index in [0.29, 0.717) is 26.1 Å². The Kier molecular flexibility index (Phi) is 2.33. The van der Waals surface area contributed by atoms with E-state index in [9.17, 15) is 4.39 Å². The summed E-state index contributed by atoms with van der Waals surface area (Å²) in [5, 5.41) is 0.841. The zero-order valence-corrected chi connectivity index (χ0v) is 9.23. The maximum Gasteiger partial charge on any atom is 0.125 e. The van der Waals surface area contributed by atoms with Gasteiger partial charge in [0.15, 0.2) is 0 Å². The SMILES string of the molecule is Nc1cnc2c(Br)cc(F)cc2c1Cl. The highest BCUT2D eigenvalue weighted by Crippen LogP contribution is 2.31. The number of aromatic nitrogens is 1. The van der Waals surface area contributed by atoms with Crippen molar-refractivity contribution in [2.45, 2.75) is 0 Å². The van der Waals surface area contributed by atoms with Gasteiger partial charge in [0.2, 0.25) is 0 Å². The van der Waals surface area contributed by atoms with Crippen molar-refractivity contribution in [1.29, 1.82) is 0 Å². The number of halogens is 3. The largest absolute Gasteiger partial charge is 0.396 e. The minimum absolute atomic E-state index is 0.329. The van der Waals surface area contributed by atoms with Crippen molar-refractivity contribution in [3.63, 3.8) is 0 Å². The number of pyridine rings is 1. The lowest BCUT2D eigenvalue weighted by Crippen LogP contribution is -1.91. The number of fused-ring (bicyclic) bond motifs is 1. The molecule has 0 aliphatic carbocycles. The van der Waals surface area contributed by atoms with Crippen LogP contribution < -0.4 is 5.73 Å². The molecule has 0 spiro atoms. The molecule has 0 radical (unpaired) electrons. The summed E-state index contributed by atoms with van der Waals surface area (Å²) in [6.07, 6.45) is 1.45. The van der Waals surface area contributed by atoms with Gasteiger partial charge in [-0.3, -0.25) is 4.98 Å². The average Bonchev–Trinajstić information content (AvgIpc) is 2.12. The first-order chi connectivity index (χ1) is 6.59. The zero-order valence-electron chi connectivity index (χ0n) is 6.89. The van der Waals surface area contributed by atoms with Gasteiger partial charge in [-0.1, -0.05) is 11.6 Å². The number of benzene rings is 1. The third-order valence-electron chi connectivity index (χ3n) is 1.85. The molecule has 0 saturated heterocycles. The van der Waals surface area contributed by atoms with Gasteiger partial charge < -0.3 is 5.73 Å². The molecule has 1 aromatic heterocycles. The highest BCUT2D eigenvalue weighted by atomic mass is 79.9. The van der Waals surface area contributed by atoms with E-state index < -0.39 is 0 Å². The van der Waals surface area contributed by atoms with Gasteiger partial charge in [-0.15, -0.1) is 0 Å². The van der Waals surface area contributed by atoms with Gasteiger partial charge in [0.25, 0.3) is 0 Å². The normalized spacial score (nSPS) is 10.8. The molecule has 0 bridgehead atoms. The smallest absolute Gasteiger partial charge is 0.125 e. The molecule has 0 aliphatic rings. The van der Waals surface area contributed by atoms with Crippen molar-refractivity contribution in [3.8, 4) is 0 Å². The number of rotatable bonds is 0. The van der Waals surface area contributed by atoms with E-state index in [1.807, 2.05) is 0 Å². The molecule has 0 saturated carbocycles. The van der Waals surface area contributed by atoms with E-state index in [0.717, 1.165) is 0 Å². The summed E-state index contributed by atoms with van der Waals surface area (Å²) in [5.41, 5.74) is 6.50. The van der Waals surface area contributed by atoms with Gasteiger partial charge in [0.05, 0.1) is 22.4 Å². The minimum atomic E-state index is -0.376. The summed E-state index contributed by atoms with van der Waals surface area (Å²) < 4.78 is 13.6. The molecule has 1 heterocycles. The van der Waals surface area contributed by atoms with Gasteiger partial charge in [-0.05, 0) is 28.1 Å². The first-order valence-electron chi connectivity index (χ1n) is 3.78. The fraction of sp³-hybridized carbons (Fsp3) is 0. The van der Waals surface area contributed by atoms with E-state index in [2.05, 4.69) is 20.9 Å². The zero-order chi connectivity index (χ0) is 10.3. The molecule has 2 nitrogen and oxygen atoms in total. The first-order valence-corrected chi connectivity index (χ1v) is 4.95. The van der Waals surface area contributed by atoms with Crippen molar-refractivity contribution in [3.05, 3.63) is 33.6 Å². The lowest BCUT2D eigenvalue weighted by atomic mass is 10.2. The highest BCUT2D eigenvalue weighted by molar-refractivity contribution is 9.10. The Labute approximate surface area is 93.0 Å². The maximum absolute atomic E-state index is 13.1. The molecule has 0 amide bonds. The Hall–Kier alpha value is -0.870. The van der Waals surface area contributed by atoms with Crippen LogP contribution in [0.25, 0.3) is 10.9 Å². The Balaban J connectivity index is 2.95. The van der Waals surface area contributed by atoms with Crippen LogP contribution in [0.4, 0.5) is 10.1 Å². The van der Waals surface area contributed by atoms with Crippen molar-refractivity contribution in [2.75, 3.05) is 5.73 Å². The molecule has 2 N–H and O–H groups in total. The van der Waals surface area contributed by atoms with Crippen molar-refractivity contribution < 1.29 is 4.39 Å². The van der Waals surface area contributed by atoms with Crippen LogP contribution >= 0.6 is 27.5 Å². The van der Waals surface area contributed by atoms with Gasteiger partial charge in [0.1, 0.15) is 5.82 Å². The van der Waals surface area contributed by atoms with Crippen LogP contribution in [0.3, 0.4) is 0 Å². The van der Waals surface area contributed by atoms with Crippen LogP contribution in [0, 0.1) is 5.82 Å². The molecular formula is C9H5BrClFN2. The minimum Gasteiger partial charge on any atom is -0.396 e. The van der Waals surface area contributed by atoms with E-state index in [-0.39, 0.29) is 5.82 Å². The third kappa shape index (κ3) is 1.44. The lowest BCUT2D eigenvalue weighted by molar-refractivity contribution is 0.629. The molecular weight excluding hydrogens is 270 g/mol. The van der Waals surface area contributed by atoms with E-state index in [1.165, 1.54) is 18.3 Å². The number of hydrogen-bond donors (Lipinski definition) is 1. The standard InChI is InChI=1S/C9H5BrClFN2/c10-6-2-4(12)1-5-8(11)7(13)3-14-9(5)6/h1-3H,13H2. The summed E-state index contributed by atoms with van der Waals surface area (Å²) in [5.74, 6) is -0.376. The van der Waals surface area contributed by atoms with E-state index in [4.69, 9.17) is 17.3 Å². The van der Waals surface area contributed by atoms with Gasteiger partial charge in [0, 0.05) is 9.86 Å². The maximum atomic E-state index is 13.1. The van der Waals surface area contributed by atoms with Gasteiger partial charge >= 0.3 is 0 Å². The van der Waals surface area contributed by atoms with Gasteiger partial charge in [-0.2, -0.15) is 0 Å². The number of nitrogens with two attached hydrogens (primary N) is 1. The molecule has 0 unspecified atom stereocenters. The molecule has 1 aromatic carbocycles. The van der Waals surface area contributed by atoms with Crippen LogP contribution in [-0.4, -0.2) is 4.98 Å². The predicted molar refractivity (Wildman–Crippen MR) is 58.8 cm³/mol. The summed E-state index contributed by atoms with van der Waals surface area (Å²) >= 11 is 9.12. The molecule has 2 rings (SSSR count). The fourth-order valence-electron chi connectivity index (χ4n) is 1.21. The van der Waals surface area contributed by atoms with Gasteiger partial charge in [-0.25, -0.2) is 4.39 Å². The molecule has 0 fully saturated rings. The Bertz CT molecular complexity index is 516. The topological polar surface area (TPSA) is 38.9 Å². The summed E-state index contributed by atoms with van der Waals surface area (Å²) in [4.78, 5) is 4.06. The predicted octanol–water partition coefficient (Wildman–Crippen LogP) is 3.37. The molecule has 2 aromatic rings. The number of nitrogen functional groups attached to an aromatic ring is 1. The molecule has 0 atom stereocenters. The van der Waals surface area contributed by atoms with E-state index >= 15 is 0 Å². The quantitative estimate of drug-likeness (QED) is 0.800. The molecule has 72 valence electrons. The number of hydrogen-bond acceptors (Lipinski definition) is 2. The summed E-state index contributed by atoms with van der Waals surface area (Å²) in [6, 6.07) is 2.65. The average molecular weight is 276 g/mol. The second-order valence-corrected chi connectivity index (χ2v) is 4.04. The number of anilines is 1. The second kappa shape index (κ2) is 3.37. The summed E-state index contributed by atoms with van der Waals surface area (Å²) in [6.45, 7) is 0. The second-order valence-electron chi connectivity index (χ2n) is 2.81. The van der Waals surface area contributed by atoms with Crippen LogP contribution in [0.2, 0.25) is 5.02 Å². The first kappa shape index (κ1) is 9.68. The molecule has 0 aliphatic heterocycles. The van der Waals surface area contributed by atoms with Crippen LogP contribution in [0.1, 0.15) is 0 Å². The van der Waals surface area contributed by atoms with Crippen LogP contribution in [-0.2, 0) is 0 Å². The third-order valence-corrected chi connectivity index (χ3v) is 2.88. The molecule has 14 heavy (non-hydrogen) atoms. The monoisotopic (exact) mass is 274 g/mol. The van der Waals surface area contributed by atoms with Crippen molar-refractivity contribution >= 4 is 44.1 Å². The Morgan fingerprint density at radius 3 is 2.86 bits per heavy atom. The Morgan fingerprint density at radius 1 is 1.43 bits per heavy atom. The Morgan fingerprint density at radius 2 is 2.14 bits per heavy atom. The molecule has 5 heteroatoms. The van der Waals surface area contributed by atoms with Crippen molar-refractivity contribution in [2.24, 2.45) is 0 Å². The highest BCUT2D eigenvalue weighted by Gasteiger charge is 2.08. The summed E-state index contributed by atoms with van der Waals surface area (Å²) in [7, 11) is 0. The lowest BCUT2D eigenvalue weighted by Gasteiger charge is -2.04. The van der Waals surface area contributed by atoms with Crippen LogP contribution in [0.5, 0.6) is 0 Å². The number of nitrogens with zero attached hydrogens (tertiary/aromatic N) is 1. The van der Waals surface area contributed by atoms with E-state index in [1.54, 1.807) is 0 Å². The fourth-order valence-corrected chi connectivity index (χ4v) is 1.94.